The Hall–Kier alpha value is -1.01. The number of thiocarbonyl (C=S) groups is 1. The highest BCUT2D eigenvalue weighted by Crippen LogP contribution is 2.40. The van der Waals surface area contributed by atoms with Gasteiger partial charge in [0.2, 0.25) is 5.91 Å². The van der Waals surface area contributed by atoms with Crippen molar-refractivity contribution >= 4 is 28.9 Å². The summed E-state index contributed by atoms with van der Waals surface area (Å²) in [4.78, 5) is 28.6. The summed E-state index contributed by atoms with van der Waals surface area (Å²) in [5, 5.41) is 3.14. The Morgan fingerprint density at radius 2 is 1.86 bits per heavy atom. The second-order valence-corrected chi connectivity index (χ2v) is 10.6. The van der Waals surface area contributed by atoms with Gasteiger partial charge in [-0.2, -0.15) is 0 Å². The van der Waals surface area contributed by atoms with Crippen LogP contribution in [0.4, 0.5) is 0 Å². The molecule has 2 rings (SSSR count). The summed E-state index contributed by atoms with van der Waals surface area (Å²) in [6.07, 6.45) is 9.78. The van der Waals surface area contributed by atoms with Gasteiger partial charge in [-0.15, -0.1) is 0 Å². The van der Waals surface area contributed by atoms with Crippen molar-refractivity contribution in [1.29, 1.82) is 0 Å². The first kappa shape index (κ1) is 24.3. The van der Waals surface area contributed by atoms with Crippen molar-refractivity contribution in [2.45, 2.75) is 97.6 Å². The number of ketones is 1. The maximum Gasteiger partial charge on any atom is 0.246 e. The summed E-state index contributed by atoms with van der Waals surface area (Å²) in [5.74, 6) is 1.80. The van der Waals surface area contributed by atoms with Gasteiger partial charge in [0.15, 0.2) is 5.78 Å². The minimum atomic E-state index is -0.460. The maximum absolute atomic E-state index is 13.3. The third kappa shape index (κ3) is 6.74. The van der Waals surface area contributed by atoms with Gasteiger partial charge in [-0.1, -0.05) is 59.2 Å². The second-order valence-electron chi connectivity index (χ2n) is 10.1. The summed E-state index contributed by atoms with van der Waals surface area (Å²) >= 11 is 5.23. The first-order chi connectivity index (χ1) is 13.7. The number of amides is 1. The van der Waals surface area contributed by atoms with Gasteiger partial charge in [-0.05, 0) is 49.4 Å². The molecule has 5 nitrogen and oxygen atoms in total. The van der Waals surface area contributed by atoms with E-state index in [1.54, 1.807) is 4.90 Å². The molecular formula is C23H41N3O2S. The molecule has 0 aromatic carbocycles. The van der Waals surface area contributed by atoms with E-state index in [0.29, 0.717) is 23.9 Å². The SMILES string of the molecule is CCCCC1CC(CCC(=O)C2CCCN2C(=O)[C@@H](NC(=S)CN)C(C)(C)C)C1. The van der Waals surface area contributed by atoms with E-state index in [1.807, 2.05) is 20.8 Å². The van der Waals surface area contributed by atoms with Crippen molar-refractivity contribution in [3.05, 3.63) is 0 Å². The Balaban J connectivity index is 1.89. The Morgan fingerprint density at radius 3 is 2.45 bits per heavy atom. The lowest BCUT2D eigenvalue weighted by molar-refractivity contribution is -0.141. The Kier molecular flexibility index (Phi) is 9.08. The van der Waals surface area contributed by atoms with E-state index in [0.717, 1.165) is 25.2 Å². The van der Waals surface area contributed by atoms with Crippen molar-refractivity contribution in [2.24, 2.45) is 23.0 Å². The van der Waals surface area contributed by atoms with E-state index in [1.165, 1.54) is 32.1 Å². The van der Waals surface area contributed by atoms with Gasteiger partial charge in [-0.3, -0.25) is 9.59 Å². The summed E-state index contributed by atoms with van der Waals surface area (Å²) < 4.78 is 0. The molecular weight excluding hydrogens is 382 g/mol. The lowest BCUT2D eigenvalue weighted by Gasteiger charge is -2.37. The average molecular weight is 424 g/mol. The Bertz CT molecular complexity index is 581. The lowest BCUT2D eigenvalue weighted by Crippen LogP contribution is -2.57. The predicted molar refractivity (Wildman–Crippen MR) is 123 cm³/mol. The van der Waals surface area contributed by atoms with E-state index in [4.69, 9.17) is 18.0 Å². The molecule has 1 saturated carbocycles. The number of nitrogens with one attached hydrogen (secondary N) is 1. The van der Waals surface area contributed by atoms with Crippen LogP contribution < -0.4 is 11.1 Å². The molecule has 0 spiro atoms. The fourth-order valence-corrected chi connectivity index (χ4v) is 4.87. The van der Waals surface area contributed by atoms with E-state index < -0.39 is 6.04 Å². The summed E-state index contributed by atoms with van der Waals surface area (Å²) in [6, 6.07) is -0.727. The molecule has 3 N–H and O–H groups in total. The van der Waals surface area contributed by atoms with Crippen LogP contribution in [0.3, 0.4) is 0 Å². The highest BCUT2D eigenvalue weighted by atomic mass is 32.1. The monoisotopic (exact) mass is 423 g/mol. The molecule has 1 saturated heterocycles. The molecule has 2 atom stereocenters. The molecule has 2 fully saturated rings. The van der Waals surface area contributed by atoms with Gasteiger partial charge in [0.25, 0.3) is 0 Å². The largest absolute Gasteiger partial charge is 0.367 e. The van der Waals surface area contributed by atoms with Crippen LogP contribution in [-0.4, -0.2) is 46.8 Å². The molecule has 166 valence electrons. The molecule has 6 heteroatoms. The zero-order valence-electron chi connectivity index (χ0n) is 18.8. The van der Waals surface area contributed by atoms with Crippen LogP contribution in [0.1, 0.15) is 85.5 Å². The minimum Gasteiger partial charge on any atom is -0.367 e. The number of Topliss-reactive ketones (excluding diaryl/α,β-unsaturated/α-hetero) is 1. The quantitative estimate of drug-likeness (QED) is 0.522. The van der Waals surface area contributed by atoms with Gasteiger partial charge in [0, 0.05) is 19.5 Å². The third-order valence-corrected chi connectivity index (χ3v) is 6.89. The van der Waals surface area contributed by atoms with Crippen LogP contribution in [-0.2, 0) is 9.59 Å². The van der Waals surface area contributed by atoms with Gasteiger partial charge in [0.05, 0.1) is 11.0 Å². The van der Waals surface area contributed by atoms with Crippen LogP contribution in [0, 0.1) is 17.3 Å². The number of unbranched alkanes of at least 4 members (excludes halogenated alkanes) is 1. The molecule has 1 unspecified atom stereocenters. The number of carbonyl (C=O) groups is 2. The van der Waals surface area contributed by atoms with Gasteiger partial charge in [0.1, 0.15) is 6.04 Å². The van der Waals surface area contributed by atoms with Crippen molar-refractivity contribution in [1.82, 2.24) is 10.2 Å². The number of nitrogens with zero attached hydrogens (tertiary/aromatic N) is 1. The number of likely N-dealkylation sites (tertiary alicyclic amines) is 1. The van der Waals surface area contributed by atoms with Crippen LogP contribution >= 0.6 is 12.2 Å². The van der Waals surface area contributed by atoms with E-state index in [2.05, 4.69) is 12.2 Å². The van der Waals surface area contributed by atoms with Gasteiger partial charge < -0.3 is 16.0 Å². The van der Waals surface area contributed by atoms with Gasteiger partial charge >= 0.3 is 0 Å². The molecule has 1 aliphatic heterocycles. The van der Waals surface area contributed by atoms with E-state index in [-0.39, 0.29) is 29.7 Å². The fraction of sp³-hybridized carbons (Fsp3) is 0.870. The van der Waals surface area contributed by atoms with Crippen molar-refractivity contribution < 1.29 is 9.59 Å². The number of carbonyl (C=O) groups excluding carboxylic acids is 2. The van der Waals surface area contributed by atoms with Crippen LogP contribution in [0.15, 0.2) is 0 Å². The van der Waals surface area contributed by atoms with Crippen molar-refractivity contribution in [2.75, 3.05) is 13.1 Å². The standard InChI is InChI=1S/C23H41N3O2S/c1-5-6-8-16-13-17(14-16)10-11-19(27)18-9-7-12-26(18)22(28)21(23(2,3)4)25-20(29)15-24/h16-18,21H,5-15,24H2,1-4H3,(H,25,29)/t16?,17?,18?,21-/m1/s1. The summed E-state index contributed by atoms with van der Waals surface area (Å²) in [7, 11) is 0. The highest BCUT2D eigenvalue weighted by molar-refractivity contribution is 7.80. The second kappa shape index (κ2) is 10.9. The normalized spacial score (nSPS) is 25.4. The fourth-order valence-electron chi connectivity index (χ4n) is 4.75. The minimum absolute atomic E-state index is 0.0209. The number of hydrogen-bond acceptors (Lipinski definition) is 4. The zero-order valence-corrected chi connectivity index (χ0v) is 19.7. The molecule has 0 radical (unpaired) electrons. The molecule has 1 heterocycles. The smallest absolute Gasteiger partial charge is 0.246 e. The molecule has 0 aromatic rings. The number of hydrogen-bond donors (Lipinski definition) is 2. The Morgan fingerprint density at radius 1 is 1.21 bits per heavy atom. The highest BCUT2D eigenvalue weighted by Gasteiger charge is 2.41. The van der Waals surface area contributed by atoms with Crippen LogP contribution in [0.25, 0.3) is 0 Å². The first-order valence-electron chi connectivity index (χ1n) is 11.5. The van der Waals surface area contributed by atoms with Crippen LogP contribution in [0.2, 0.25) is 0 Å². The molecule has 0 aromatic heterocycles. The molecule has 29 heavy (non-hydrogen) atoms. The lowest BCUT2D eigenvalue weighted by atomic mass is 9.70. The van der Waals surface area contributed by atoms with Crippen LogP contribution in [0.5, 0.6) is 0 Å². The first-order valence-corrected chi connectivity index (χ1v) is 11.9. The Labute approximate surface area is 182 Å². The van der Waals surface area contributed by atoms with Crippen molar-refractivity contribution in [3.8, 4) is 0 Å². The predicted octanol–water partition coefficient (Wildman–Crippen LogP) is 3.83. The molecule has 2 aliphatic rings. The zero-order chi connectivity index (χ0) is 21.6. The molecule has 0 bridgehead atoms. The number of nitrogens with two attached hydrogens (primary N) is 1. The van der Waals surface area contributed by atoms with Gasteiger partial charge in [-0.25, -0.2) is 0 Å². The average Bonchev–Trinajstić information content (AvgIpc) is 3.12. The van der Waals surface area contributed by atoms with E-state index in [9.17, 15) is 9.59 Å². The number of rotatable bonds is 10. The topological polar surface area (TPSA) is 75.4 Å². The van der Waals surface area contributed by atoms with Crippen molar-refractivity contribution in [3.63, 3.8) is 0 Å². The third-order valence-electron chi connectivity index (χ3n) is 6.61. The summed E-state index contributed by atoms with van der Waals surface area (Å²) in [6.45, 7) is 9.16. The molecule has 1 aliphatic carbocycles. The summed E-state index contributed by atoms with van der Waals surface area (Å²) in [5.41, 5.74) is 5.32. The maximum atomic E-state index is 13.3. The molecule has 1 amide bonds. The van der Waals surface area contributed by atoms with E-state index >= 15 is 0 Å².